The van der Waals surface area contributed by atoms with E-state index in [9.17, 15) is 18.8 Å². The number of anilines is 1. The summed E-state index contributed by atoms with van der Waals surface area (Å²) in [5.41, 5.74) is 0.766. The van der Waals surface area contributed by atoms with Crippen molar-refractivity contribution in [3.63, 3.8) is 0 Å². The summed E-state index contributed by atoms with van der Waals surface area (Å²) in [4.78, 5) is 36.8. The molecular weight excluding hydrogens is 473 g/mol. The van der Waals surface area contributed by atoms with Crippen molar-refractivity contribution in [3.8, 4) is 0 Å². The number of carbonyl (C=O) groups excluding carboxylic acids is 3. The number of carbonyl (C=O) groups is 3. The lowest BCUT2D eigenvalue weighted by atomic mass is 10.2. The predicted octanol–water partition coefficient (Wildman–Crippen LogP) is 3.66. The molecule has 184 valence electrons. The number of halogens is 1. The van der Waals surface area contributed by atoms with Gasteiger partial charge in [0, 0.05) is 12.2 Å². The van der Waals surface area contributed by atoms with Gasteiger partial charge in [0.25, 0.3) is 5.91 Å². The first-order valence-electron chi connectivity index (χ1n) is 11.0. The van der Waals surface area contributed by atoms with Crippen molar-refractivity contribution in [3.05, 3.63) is 71.3 Å². The van der Waals surface area contributed by atoms with Gasteiger partial charge in [-0.15, -0.1) is 10.2 Å². The van der Waals surface area contributed by atoms with Crippen LogP contribution in [0.3, 0.4) is 0 Å². The molecule has 0 fully saturated rings. The van der Waals surface area contributed by atoms with E-state index in [1.54, 1.807) is 48.7 Å². The Labute approximate surface area is 206 Å². The molecule has 0 radical (unpaired) electrons. The molecule has 3 rings (SSSR count). The summed E-state index contributed by atoms with van der Waals surface area (Å²) in [6, 6.07) is 12.2. The van der Waals surface area contributed by atoms with Gasteiger partial charge in [-0.1, -0.05) is 30.0 Å². The van der Waals surface area contributed by atoms with E-state index >= 15 is 0 Å². The highest BCUT2D eigenvalue weighted by molar-refractivity contribution is 7.99. The predicted molar refractivity (Wildman–Crippen MR) is 130 cm³/mol. The first-order chi connectivity index (χ1) is 16.8. The van der Waals surface area contributed by atoms with E-state index in [4.69, 9.17) is 4.74 Å². The van der Waals surface area contributed by atoms with E-state index in [0.717, 1.165) is 0 Å². The van der Waals surface area contributed by atoms with E-state index in [1.807, 2.05) is 6.92 Å². The van der Waals surface area contributed by atoms with Gasteiger partial charge in [0.1, 0.15) is 5.82 Å². The molecule has 2 N–H and O–H groups in total. The van der Waals surface area contributed by atoms with Crippen LogP contribution in [0.4, 0.5) is 10.1 Å². The maximum absolute atomic E-state index is 13.8. The van der Waals surface area contributed by atoms with Crippen LogP contribution in [0.1, 0.15) is 47.3 Å². The zero-order chi connectivity index (χ0) is 25.4. The average molecular weight is 500 g/mol. The molecule has 2 aromatic carbocycles. The molecule has 11 heteroatoms. The lowest BCUT2D eigenvalue weighted by Gasteiger charge is -2.10. The minimum absolute atomic E-state index is 0.0529. The van der Waals surface area contributed by atoms with E-state index < -0.39 is 17.7 Å². The molecule has 1 aromatic heterocycles. The van der Waals surface area contributed by atoms with Crippen LogP contribution >= 0.6 is 11.8 Å². The lowest BCUT2D eigenvalue weighted by Crippen LogP contribution is -2.25. The fraction of sp³-hybridized carbons (Fsp3) is 0.292. The molecule has 1 heterocycles. The number of benzene rings is 2. The highest BCUT2D eigenvalue weighted by Crippen LogP contribution is 2.19. The number of nitrogens with zero attached hydrogens (tertiary/aromatic N) is 3. The zero-order valence-electron chi connectivity index (χ0n) is 19.6. The topological polar surface area (TPSA) is 115 Å². The number of aromatic nitrogens is 3. The van der Waals surface area contributed by atoms with Gasteiger partial charge in [0.2, 0.25) is 5.91 Å². The fourth-order valence-corrected chi connectivity index (χ4v) is 3.93. The number of rotatable bonds is 10. The molecule has 9 nitrogen and oxygen atoms in total. The van der Waals surface area contributed by atoms with Crippen LogP contribution < -0.4 is 10.6 Å². The van der Waals surface area contributed by atoms with Crippen LogP contribution in [-0.2, 0) is 22.6 Å². The molecule has 0 aliphatic rings. The van der Waals surface area contributed by atoms with Gasteiger partial charge < -0.3 is 19.9 Å². The normalized spacial score (nSPS) is 10.8. The van der Waals surface area contributed by atoms with Crippen LogP contribution in [-0.4, -0.2) is 44.4 Å². The quantitative estimate of drug-likeness (QED) is 0.323. The minimum atomic E-state index is -0.605. The Hall–Kier alpha value is -3.73. The van der Waals surface area contributed by atoms with Crippen LogP contribution in [0, 0.1) is 5.82 Å². The number of nitrogens with one attached hydrogen (secondary N) is 2. The molecule has 0 aliphatic heterocycles. The van der Waals surface area contributed by atoms with Gasteiger partial charge in [0.15, 0.2) is 11.0 Å². The molecule has 2 amide bonds. The van der Waals surface area contributed by atoms with Crippen LogP contribution in [0.5, 0.6) is 0 Å². The maximum Gasteiger partial charge on any atom is 0.338 e. The Morgan fingerprint density at radius 2 is 1.89 bits per heavy atom. The Bertz CT molecular complexity index is 1210. The number of hydrogen-bond acceptors (Lipinski definition) is 7. The second-order valence-corrected chi connectivity index (χ2v) is 8.62. The molecule has 0 unspecified atom stereocenters. The monoisotopic (exact) mass is 499 g/mol. The second kappa shape index (κ2) is 12.1. The Balaban J connectivity index is 1.56. The Morgan fingerprint density at radius 1 is 1.11 bits per heavy atom. The number of amides is 2. The maximum atomic E-state index is 13.8. The van der Waals surface area contributed by atoms with Gasteiger partial charge in [0.05, 0.1) is 29.5 Å². The van der Waals surface area contributed by atoms with E-state index in [0.29, 0.717) is 28.8 Å². The number of thioether (sulfide) groups is 1. The average Bonchev–Trinajstić information content (AvgIpc) is 3.23. The first kappa shape index (κ1) is 25.9. The van der Waals surface area contributed by atoms with Crippen molar-refractivity contribution in [1.29, 1.82) is 0 Å². The van der Waals surface area contributed by atoms with Crippen molar-refractivity contribution >= 4 is 35.2 Å². The van der Waals surface area contributed by atoms with Gasteiger partial charge in [-0.2, -0.15) is 0 Å². The SMILES string of the molecule is CCn1c(CNC(=O)c2ccccc2F)nnc1SCC(=O)Nc1cccc(C(=O)OC(C)C)c1. The second-order valence-electron chi connectivity index (χ2n) is 7.68. The molecule has 0 bridgehead atoms. The molecule has 0 atom stereocenters. The summed E-state index contributed by atoms with van der Waals surface area (Å²) in [6.07, 6.45) is -0.245. The third kappa shape index (κ3) is 7.12. The summed E-state index contributed by atoms with van der Waals surface area (Å²) in [6.45, 7) is 5.98. The summed E-state index contributed by atoms with van der Waals surface area (Å²) in [5, 5.41) is 14.1. The third-order valence-electron chi connectivity index (χ3n) is 4.69. The summed E-state index contributed by atoms with van der Waals surface area (Å²) in [7, 11) is 0. The lowest BCUT2D eigenvalue weighted by molar-refractivity contribution is -0.113. The Morgan fingerprint density at radius 3 is 2.60 bits per heavy atom. The summed E-state index contributed by atoms with van der Waals surface area (Å²) >= 11 is 1.18. The van der Waals surface area contributed by atoms with Gasteiger partial charge in [-0.25, -0.2) is 9.18 Å². The molecule has 35 heavy (non-hydrogen) atoms. The molecule has 3 aromatic rings. The molecule has 0 saturated carbocycles. The molecule has 0 saturated heterocycles. The van der Waals surface area contributed by atoms with Crippen molar-refractivity contribution in [2.24, 2.45) is 0 Å². The summed E-state index contributed by atoms with van der Waals surface area (Å²) < 4.78 is 20.7. The molecular formula is C24H26FN5O4S. The number of hydrogen-bond donors (Lipinski definition) is 2. The highest BCUT2D eigenvalue weighted by Gasteiger charge is 2.16. The Kier molecular flexibility index (Phi) is 8.96. The highest BCUT2D eigenvalue weighted by atomic mass is 32.2. The fourth-order valence-electron chi connectivity index (χ4n) is 3.11. The first-order valence-corrected chi connectivity index (χ1v) is 12.0. The number of ether oxygens (including phenoxy) is 1. The third-order valence-corrected chi connectivity index (χ3v) is 5.66. The smallest absolute Gasteiger partial charge is 0.338 e. The standard InChI is InChI=1S/C24H26FN5O4S/c1-4-30-20(13-26-22(32)18-10-5-6-11-19(18)25)28-29-24(30)35-14-21(31)27-17-9-7-8-16(12-17)23(33)34-15(2)3/h5-12,15H,4,13-14H2,1-3H3,(H,26,32)(H,27,31). The van der Waals surface area contributed by atoms with Gasteiger partial charge in [-0.3, -0.25) is 9.59 Å². The van der Waals surface area contributed by atoms with Gasteiger partial charge >= 0.3 is 5.97 Å². The van der Waals surface area contributed by atoms with E-state index in [2.05, 4.69) is 20.8 Å². The van der Waals surface area contributed by atoms with Crippen molar-refractivity contribution in [2.75, 3.05) is 11.1 Å². The van der Waals surface area contributed by atoms with Crippen molar-refractivity contribution in [1.82, 2.24) is 20.1 Å². The molecule has 0 spiro atoms. The molecule has 0 aliphatic carbocycles. The summed E-state index contributed by atoms with van der Waals surface area (Å²) in [5.74, 6) is -1.37. The largest absolute Gasteiger partial charge is 0.459 e. The van der Waals surface area contributed by atoms with Crippen LogP contribution in [0.2, 0.25) is 0 Å². The van der Waals surface area contributed by atoms with Crippen molar-refractivity contribution in [2.45, 2.75) is 45.1 Å². The van der Waals surface area contributed by atoms with E-state index in [1.165, 1.54) is 30.0 Å². The number of esters is 1. The van der Waals surface area contributed by atoms with Crippen LogP contribution in [0.25, 0.3) is 0 Å². The zero-order valence-corrected chi connectivity index (χ0v) is 20.4. The minimum Gasteiger partial charge on any atom is -0.459 e. The van der Waals surface area contributed by atoms with Gasteiger partial charge in [-0.05, 0) is 51.1 Å². The van der Waals surface area contributed by atoms with Crippen LogP contribution in [0.15, 0.2) is 53.7 Å². The van der Waals surface area contributed by atoms with Crippen molar-refractivity contribution < 1.29 is 23.5 Å². The van der Waals surface area contributed by atoms with E-state index in [-0.39, 0.29) is 29.9 Å².